The fourth-order valence-corrected chi connectivity index (χ4v) is 2.44. The van der Waals surface area contributed by atoms with Crippen LogP contribution < -0.4 is 0 Å². The Kier molecular flexibility index (Phi) is 6.62. The van der Waals surface area contributed by atoms with E-state index in [0.29, 0.717) is 13.2 Å². The van der Waals surface area contributed by atoms with Crippen LogP contribution in [0.5, 0.6) is 0 Å². The molecule has 12 heavy (non-hydrogen) atoms. The third kappa shape index (κ3) is 4.86. The Morgan fingerprint density at radius 3 is 2.08 bits per heavy atom. The van der Waals surface area contributed by atoms with E-state index in [4.69, 9.17) is 9.05 Å². The van der Waals surface area contributed by atoms with Crippen molar-refractivity contribution in [2.75, 3.05) is 26.1 Å². The van der Waals surface area contributed by atoms with Crippen LogP contribution in [0.1, 0.15) is 20.3 Å². The van der Waals surface area contributed by atoms with E-state index in [9.17, 15) is 8.96 Å². The highest BCUT2D eigenvalue weighted by Crippen LogP contribution is 2.48. The first kappa shape index (κ1) is 12.1. The summed E-state index contributed by atoms with van der Waals surface area (Å²) >= 11 is 0. The maximum absolute atomic E-state index is 11.8. The molecule has 0 aromatic carbocycles. The van der Waals surface area contributed by atoms with Crippen molar-refractivity contribution in [2.24, 2.45) is 0 Å². The van der Waals surface area contributed by atoms with Gasteiger partial charge in [-0.25, -0.2) is 0 Å². The number of halogens is 1. The van der Waals surface area contributed by atoms with Crippen LogP contribution in [-0.2, 0) is 13.6 Å². The number of rotatable bonds is 7. The average Bonchev–Trinajstić information content (AvgIpc) is 2.02. The van der Waals surface area contributed by atoms with Gasteiger partial charge in [-0.2, -0.15) is 0 Å². The van der Waals surface area contributed by atoms with Crippen LogP contribution in [0, 0.1) is 0 Å². The lowest BCUT2D eigenvalue weighted by Crippen LogP contribution is -2.00. The van der Waals surface area contributed by atoms with E-state index in [1.165, 1.54) is 0 Å². The molecule has 0 aliphatic carbocycles. The molecular formula is C7H16FO3P. The third-order valence-corrected chi connectivity index (χ3v) is 3.38. The summed E-state index contributed by atoms with van der Waals surface area (Å²) in [5, 5.41) is 0. The Balaban J connectivity index is 3.90. The summed E-state index contributed by atoms with van der Waals surface area (Å²) in [6, 6.07) is 0. The molecule has 0 radical (unpaired) electrons. The smallest absolute Gasteiger partial charge is 0.309 e. The Morgan fingerprint density at radius 1 is 1.25 bits per heavy atom. The minimum Gasteiger partial charge on any atom is -0.309 e. The van der Waals surface area contributed by atoms with Crippen molar-refractivity contribution in [3.05, 3.63) is 0 Å². The molecule has 3 nitrogen and oxygen atoms in total. The fourth-order valence-electron chi connectivity index (χ4n) is 0.813. The number of alkyl halides is 1. The SMILES string of the molecule is CCOP(=O)(CCCF)OCC. The van der Waals surface area contributed by atoms with Crippen LogP contribution in [-0.4, -0.2) is 26.1 Å². The molecule has 0 heterocycles. The molecule has 0 bridgehead atoms. The second-order valence-corrected chi connectivity index (χ2v) is 4.40. The van der Waals surface area contributed by atoms with Crippen LogP contribution >= 0.6 is 7.60 Å². The molecule has 0 aromatic heterocycles. The van der Waals surface area contributed by atoms with Gasteiger partial charge in [-0.15, -0.1) is 0 Å². The Morgan fingerprint density at radius 2 is 1.75 bits per heavy atom. The summed E-state index contributed by atoms with van der Waals surface area (Å²) < 4.78 is 33.2. The lowest BCUT2D eigenvalue weighted by atomic mass is 10.6. The van der Waals surface area contributed by atoms with Crippen LogP contribution in [0.2, 0.25) is 0 Å². The molecule has 0 N–H and O–H groups in total. The van der Waals surface area contributed by atoms with Crippen molar-refractivity contribution in [3.63, 3.8) is 0 Å². The highest BCUT2D eigenvalue weighted by molar-refractivity contribution is 7.53. The molecule has 74 valence electrons. The van der Waals surface area contributed by atoms with Gasteiger partial charge in [0.25, 0.3) is 0 Å². The van der Waals surface area contributed by atoms with Gasteiger partial charge in [0, 0.05) is 0 Å². The lowest BCUT2D eigenvalue weighted by molar-refractivity contribution is 0.219. The van der Waals surface area contributed by atoms with Gasteiger partial charge in [-0.05, 0) is 20.3 Å². The Hall–Kier alpha value is 0.0800. The first-order valence-corrected chi connectivity index (χ1v) is 5.85. The predicted molar refractivity (Wildman–Crippen MR) is 46.3 cm³/mol. The molecule has 0 saturated heterocycles. The summed E-state index contributed by atoms with van der Waals surface area (Å²) in [7, 11) is -2.98. The average molecular weight is 198 g/mol. The Bertz CT molecular complexity index is 142. The first-order valence-electron chi connectivity index (χ1n) is 4.12. The van der Waals surface area contributed by atoms with Crippen molar-refractivity contribution in [3.8, 4) is 0 Å². The monoisotopic (exact) mass is 198 g/mol. The van der Waals surface area contributed by atoms with E-state index >= 15 is 0 Å². The molecule has 0 spiro atoms. The highest BCUT2D eigenvalue weighted by atomic mass is 31.2. The van der Waals surface area contributed by atoms with Gasteiger partial charge in [0.2, 0.25) is 0 Å². The molecule has 0 aromatic rings. The first-order chi connectivity index (χ1) is 5.68. The quantitative estimate of drug-likeness (QED) is 0.590. The molecule has 0 aliphatic heterocycles. The van der Waals surface area contributed by atoms with Crippen molar-refractivity contribution in [2.45, 2.75) is 20.3 Å². The highest BCUT2D eigenvalue weighted by Gasteiger charge is 2.22. The second kappa shape index (κ2) is 6.58. The minimum atomic E-state index is -2.98. The van der Waals surface area contributed by atoms with Gasteiger partial charge < -0.3 is 9.05 Å². The van der Waals surface area contributed by atoms with Crippen molar-refractivity contribution < 1.29 is 18.0 Å². The zero-order valence-corrected chi connectivity index (χ0v) is 8.48. The molecular weight excluding hydrogens is 182 g/mol. The van der Waals surface area contributed by atoms with Gasteiger partial charge in [-0.3, -0.25) is 8.96 Å². The van der Waals surface area contributed by atoms with E-state index in [-0.39, 0.29) is 12.6 Å². The topological polar surface area (TPSA) is 35.5 Å². The summed E-state index contributed by atoms with van der Waals surface area (Å²) in [6.07, 6.45) is 0.405. The molecule has 0 fully saturated rings. The van der Waals surface area contributed by atoms with Gasteiger partial charge in [-0.1, -0.05) is 0 Å². The van der Waals surface area contributed by atoms with Crippen molar-refractivity contribution in [1.82, 2.24) is 0 Å². The van der Waals surface area contributed by atoms with Gasteiger partial charge >= 0.3 is 7.60 Å². The zero-order chi connectivity index (χ0) is 9.45. The standard InChI is InChI=1S/C7H16FO3P/c1-3-10-12(9,11-4-2)7-5-6-8/h3-7H2,1-2H3. The summed E-state index contributed by atoms with van der Waals surface area (Å²) in [6.45, 7) is 3.67. The number of hydrogen-bond acceptors (Lipinski definition) is 3. The van der Waals surface area contributed by atoms with E-state index < -0.39 is 14.3 Å². The van der Waals surface area contributed by atoms with Gasteiger partial charge in [0.1, 0.15) is 0 Å². The lowest BCUT2D eigenvalue weighted by Gasteiger charge is -2.15. The van der Waals surface area contributed by atoms with E-state index in [1.54, 1.807) is 13.8 Å². The molecule has 0 aliphatic rings. The van der Waals surface area contributed by atoms with Crippen LogP contribution in [0.3, 0.4) is 0 Å². The largest absolute Gasteiger partial charge is 0.330 e. The van der Waals surface area contributed by atoms with Gasteiger partial charge in [0.05, 0.1) is 26.1 Å². The second-order valence-electron chi connectivity index (χ2n) is 2.21. The van der Waals surface area contributed by atoms with Crippen LogP contribution in [0.15, 0.2) is 0 Å². The Labute approximate surface area is 72.8 Å². The van der Waals surface area contributed by atoms with E-state index in [2.05, 4.69) is 0 Å². The molecule has 0 amide bonds. The third-order valence-electron chi connectivity index (χ3n) is 1.22. The number of hydrogen-bond donors (Lipinski definition) is 0. The van der Waals surface area contributed by atoms with Crippen LogP contribution in [0.25, 0.3) is 0 Å². The van der Waals surface area contributed by atoms with Crippen molar-refractivity contribution in [1.29, 1.82) is 0 Å². The summed E-state index contributed by atoms with van der Waals surface area (Å²) in [5.74, 6) is 0. The molecule has 0 atom stereocenters. The van der Waals surface area contributed by atoms with Gasteiger partial charge in [0.15, 0.2) is 0 Å². The van der Waals surface area contributed by atoms with E-state index in [0.717, 1.165) is 0 Å². The maximum Gasteiger partial charge on any atom is 0.330 e. The normalized spacial score (nSPS) is 11.9. The maximum atomic E-state index is 11.8. The molecule has 0 saturated carbocycles. The molecule has 0 rings (SSSR count). The predicted octanol–water partition coefficient (Wildman–Crippen LogP) is 2.61. The summed E-state index contributed by atoms with van der Waals surface area (Å²) in [5.41, 5.74) is 0. The summed E-state index contributed by atoms with van der Waals surface area (Å²) in [4.78, 5) is 0. The molecule has 0 unspecified atom stereocenters. The zero-order valence-electron chi connectivity index (χ0n) is 7.59. The van der Waals surface area contributed by atoms with Crippen LogP contribution in [0.4, 0.5) is 4.39 Å². The van der Waals surface area contributed by atoms with Crippen molar-refractivity contribution >= 4 is 7.60 Å². The minimum absolute atomic E-state index is 0.172. The fraction of sp³-hybridized carbons (Fsp3) is 1.00. The molecule has 5 heteroatoms. The van der Waals surface area contributed by atoms with E-state index in [1.807, 2.05) is 0 Å².